The topological polar surface area (TPSA) is 63.4 Å². The zero-order valence-electron chi connectivity index (χ0n) is 18.2. The number of fused-ring (bicyclic) bond motifs is 1. The Labute approximate surface area is 205 Å². The molecule has 1 amide bonds. The number of benzene rings is 3. The van der Waals surface area contributed by atoms with E-state index >= 15 is 0 Å². The van der Waals surface area contributed by atoms with E-state index in [2.05, 4.69) is 0 Å². The number of ketones is 1. The van der Waals surface area contributed by atoms with E-state index in [0.29, 0.717) is 32.6 Å². The number of anilines is 1. The molecule has 0 unspecified atom stereocenters. The maximum Gasteiger partial charge on any atom is 0.260 e. The number of amides is 1. The predicted molar refractivity (Wildman–Crippen MR) is 135 cm³/mol. The number of carbonyl (C=O) groups is 2. The average Bonchev–Trinajstić information content (AvgIpc) is 3.55. The minimum atomic E-state index is -0.238. The van der Waals surface area contributed by atoms with Crippen LogP contribution in [0.15, 0.2) is 89.5 Å². The van der Waals surface area contributed by atoms with E-state index in [4.69, 9.17) is 21.0 Å². The summed E-state index contributed by atoms with van der Waals surface area (Å²) in [5.41, 5.74) is 3.21. The number of aryl methyl sites for hydroxylation is 1. The molecule has 5 nitrogen and oxygen atoms in total. The van der Waals surface area contributed by atoms with Crippen LogP contribution in [0.1, 0.15) is 37.6 Å². The quantitative estimate of drug-likeness (QED) is 0.244. The molecule has 7 heteroatoms. The van der Waals surface area contributed by atoms with Crippen LogP contribution in [0, 0.1) is 6.92 Å². The Balaban J connectivity index is 1.49. The Kier molecular flexibility index (Phi) is 6.01. The van der Waals surface area contributed by atoms with Crippen LogP contribution in [-0.2, 0) is 6.54 Å². The van der Waals surface area contributed by atoms with Gasteiger partial charge in [0.1, 0.15) is 5.76 Å². The lowest BCUT2D eigenvalue weighted by Gasteiger charge is -2.19. The number of halogens is 1. The first-order chi connectivity index (χ1) is 16.5. The van der Waals surface area contributed by atoms with E-state index in [0.717, 1.165) is 15.8 Å². The highest BCUT2D eigenvalue weighted by Crippen LogP contribution is 2.35. The van der Waals surface area contributed by atoms with Gasteiger partial charge in [0.2, 0.25) is 0 Å². The highest BCUT2D eigenvalue weighted by Gasteiger charge is 2.24. The van der Waals surface area contributed by atoms with Gasteiger partial charge in [0, 0.05) is 21.7 Å². The largest absolute Gasteiger partial charge is 0.467 e. The SMILES string of the molecule is Cc1c(Cl)ccc2sc(N(Cc3ccco3)C(=O)c3ccc(C(=O)c4ccccc4)cc3)nc12. The van der Waals surface area contributed by atoms with Crippen molar-refractivity contribution in [3.8, 4) is 0 Å². The number of carbonyl (C=O) groups excluding carboxylic acids is 2. The lowest BCUT2D eigenvalue weighted by atomic mass is 10.0. The van der Waals surface area contributed by atoms with Gasteiger partial charge >= 0.3 is 0 Å². The number of hydrogen-bond donors (Lipinski definition) is 0. The molecule has 0 spiro atoms. The van der Waals surface area contributed by atoms with Gasteiger partial charge in [-0.1, -0.05) is 65.4 Å². The zero-order valence-corrected chi connectivity index (χ0v) is 19.8. The Morgan fingerprint density at radius 2 is 1.62 bits per heavy atom. The summed E-state index contributed by atoms with van der Waals surface area (Å²) in [5.74, 6) is 0.307. The Hall–Kier alpha value is -3.74. The van der Waals surface area contributed by atoms with Gasteiger partial charge in [0.05, 0.1) is 23.0 Å². The molecule has 0 aliphatic carbocycles. The number of aromatic nitrogens is 1. The smallest absolute Gasteiger partial charge is 0.260 e. The van der Waals surface area contributed by atoms with Crippen molar-refractivity contribution in [1.29, 1.82) is 0 Å². The molecule has 3 aromatic carbocycles. The van der Waals surface area contributed by atoms with E-state index in [1.807, 2.05) is 43.3 Å². The number of hydrogen-bond acceptors (Lipinski definition) is 5. The summed E-state index contributed by atoms with van der Waals surface area (Å²) in [6.07, 6.45) is 1.57. The van der Waals surface area contributed by atoms with Crippen molar-refractivity contribution in [3.05, 3.63) is 118 Å². The number of rotatable bonds is 6. The van der Waals surface area contributed by atoms with Crippen molar-refractivity contribution in [3.63, 3.8) is 0 Å². The summed E-state index contributed by atoms with van der Waals surface area (Å²) in [7, 11) is 0. The summed E-state index contributed by atoms with van der Waals surface area (Å²) in [6, 6.07) is 23.1. The third-order valence-corrected chi connectivity index (χ3v) is 6.99. The summed E-state index contributed by atoms with van der Waals surface area (Å²) in [6.45, 7) is 2.14. The van der Waals surface area contributed by atoms with Crippen LogP contribution in [0.25, 0.3) is 10.2 Å². The van der Waals surface area contributed by atoms with Crippen LogP contribution in [0.4, 0.5) is 5.13 Å². The fourth-order valence-corrected chi connectivity index (χ4v) is 4.84. The monoisotopic (exact) mass is 486 g/mol. The van der Waals surface area contributed by atoms with Gasteiger partial charge < -0.3 is 4.42 Å². The molecule has 0 radical (unpaired) electrons. The van der Waals surface area contributed by atoms with Gasteiger partial charge in [0.25, 0.3) is 5.91 Å². The van der Waals surface area contributed by atoms with Crippen molar-refractivity contribution in [2.45, 2.75) is 13.5 Å². The van der Waals surface area contributed by atoms with Crippen LogP contribution in [0.2, 0.25) is 5.02 Å². The van der Waals surface area contributed by atoms with E-state index in [-0.39, 0.29) is 18.2 Å². The molecule has 0 fully saturated rings. The third kappa shape index (κ3) is 4.25. The van der Waals surface area contributed by atoms with Gasteiger partial charge in [-0.15, -0.1) is 0 Å². The molecule has 34 heavy (non-hydrogen) atoms. The number of nitrogens with zero attached hydrogens (tertiary/aromatic N) is 2. The Morgan fingerprint density at radius 3 is 2.32 bits per heavy atom. The van der Waals surface area contributed by atoms with E-state index in [1.54, 1.807) is 53.6 Å². The van der Waals surface area contributed by atoms with Gasteiger partial charge in [0.15, 0.2) is 10.9 Å². The van der Waals surface area contributed by atoms with Gasteiger partial charge in [-0.05, 0) is 48.9 Å². The molecular weight excluding hydrogens is 468 g/mol. The second-order valence-corrected chi connectivity index (χ2v) is 9.18. The molecular formula is C27H19ClN2O3S. The van der Waals surface area contributed by atoms with Crippen LogP contribution in [0.5, 0.6) is 0 Å². The maximum absolute atomic E-state index is 13.6. The van der Waals surface area contributed by atoms with E-state index in [9.17, 15) is 9.59 Å². The zero-order chi connectivity index (χ0) is 23.7. The number of furan rings is 1. The van der Waals surface area contributed by atoms with Crippen LogP contribution in [0.3, 0.4) is 0 Å². The molecule has 0 bridgehead atoms. The van der Waals surface area contributed by atoms with Crippen molar-refractivity contribution in [1.82, 2.24) is 4.98 Å². The molecule has 168 valence electrons. The summed E-state index contributed by atoms with van der Waals surface area (Å²) < 4.78 is 6.45. The second kappa shape index (κ2) is 9.25. The first-order valence-corrected chi connectivity index (χ1v) is 11.8. The first kappa shape index (κ1) is 22.1. The fourth-order valence-electron chi connectivity index (χ4n) is 3.67. The van der Waals surface area contributed by atoms with Crippen molar-refractivity contribution < 1.29 is 14.0 Å². The Morgan fingerprint density at radius 1 is 0.912 bits per heavy atom. The van der Waals surface area contributed by atoms with Gasteiger partial charge in [-0.25, -0.2) is 4.98 Å². The molecule has 0 atom stereocenters. The van der Waals surface area contributed by atoms with Crippen molar-refractivity contribution >= 4 is 50.0 Å². The normalized spacial score (nSPS) is 11.0. The lowest BCUT2D eigenvalue weighted by Crippen LogP contribution is -2.30. The molecule has 2 heterocycles. The van der Waals surface area contributed by atoms with Crippen LogP contribution in [-0.4, -0.2) is 16.7 Å². The third-order valence-electron chi connectivity index (χ3n) is 5.54. The minimum absolute atomic E-state index is 0.0921. The fraction of sp³-hybridized carbons (Fsp3) is 0.0741. The van der Waals surface area contributed by atoms with E-state index < -0.39 is 0 Å². The van der Waals surface area contributed by atoms with Crippen LogP contribution < -0.4 is 4.90 Å². The van der Waals surface area contributed by atoms with Crippen LogP contribution >= 0.6 is 22.9 Å². The number of thiazole rings is 1. The maximum atomic E-state index is 13.6. The molecule has 5 rings (SSSR count). The highest BCUT2D eigenvalue weighted by atomic mass is 35.5. The molecule has 0 aliphatic heterocycles. The van der Waals surface area contributed by atoms with E-state index in [1.165, 1.54) is 11.3 Å². The summed E-state index contributed by atoms with van der Waals surface area (Å²) in [5, 5.41) is 1.18. The first-order valence-electron chi connectivity index (χ1n) is 10.6. The standard InChI is InChI=1S/C27H19ClN2O3S/c1-17-22(28)13-14-23-24(17)29-27(34-23)30(16-21-8-5-15-33-21)26(32)20-11-9-19(10-12-20)25(31)18-6-3-2-4-7-18/h2-15H,16H2,1H3. The summed E-state index contributed by atoms with van der Waals surface area (Å²) in [4.78, 5) is 32.6. The molecule has 2 aromatic heterocycles. The molecule has 0 saturated heterocycles. The molecule has 5 aromatic rings. The van der Waals surface area contributed by atoms with Crippen molar-refractivity contribution in [2.75, 3.05) is 4.90 Å². The second-order valence-electron chi connectivity index (χ2n) is 7.76. The van der Waals surface area contributed by atoms with Crippen molar-refractivity contribution in [2.24, 2.45) is 0 Å². The van der Waals surface area contributed by atoms with Gasteiger partial charge in [-0.2, -0.15) is 0 Å². The highest BCUT2D eigenvalue weighted by molar-refractivity contribution is 7.22. The minimum Gasteiger partial charge on any atom is -0.467 e. The summed E-state index contributed by atoms with van der Waals surface area (Å²) >= 11 is 7.69. The lowest BCUT2D eigenvalue weighted by molar-refractivity contribution is 0.0981. The molecule has 0 saturated carbocycles. The average molecular weight is 487 g/mol. The Bertz CT molecular complexity index is 1480. The van der Waals surface area contributed by atoms with Gasteiger partial charge in [-0.3, -0.25) is 14.5 Å². The predicted octanol–water partition coefficient (Wildman–Crippen LogP) is 6.93. The molecule has 0 aliphatic rings. The molecule has 0 N–H and O–H groups in total.